The van der Waals surface area contributed by atoms with E-state index in [2.05, 4.69) is 39.2 Å². The summed E-state index contributed by atoms with van der Waals surface area (Å²) < 4.78 is 0.728. The highest BCUT2D eigenvalue weighted by atomic mass is 79.9. The van der Waals surface area contributed by atoms with Crippen LogP contribution in [-0.4, -0.2) is 10.9 Å². The van der Waals surface area contributed by atoms with Crippen molar-refractivity contribution in [2.75, 3.05) is 0 Å². The first-order valence-electron chi connectivity index (χ1n) is 5.77. The fourth-order valence-electron chi connectivity index (χ4n) is 1.55. The van der Waals surface area contributed by atoms with Crippen LogP contribution in [0.25, 0.3) is 0 Å². The van der Waals surface area contributed by atoms with Crippen LogP contribution < -0.4 is 5.32 Å². The molecule has 2 rings (SSSR count). The highest BCUT2D eigenvalue weighted by Gasteiger charge is 2.12. The number of halogens is 2. The van der Waals surface area contributed by atoms with Crippen LogP contribution in [0.1, 0.15) is 27.0 Å². The maximum absolute atomic E-state index is 12.0. The largest absolute Gasteiger partial charge is 0.347 e. The Morgan fingerprint density at radius 3 is 2.89 bits per heavy atom. The summed E-state index contributed by atoms with van der Waals surface area (Å²) in [6, 6.07) is 5.78. The average Bonchev–Trinajstić information content (AvgIpc) is 2.87. The Hall–Kier alpha value is -0.910. The summed E-state index contributed by atoms with van der Waals surface area (Å²) in [5.41, 5.74) is 0.378. The van der Waals surface area contributed by atoms with Gasteiger partial charge >= 0.3 is 0 Å². The number of pyridine rings is 1. The molecular formula is C13H12BrClN2OS. The molecule has 1 N–H and O–H groups in total. The number of carbonyl (C=O) groups is 1. The quantitative estimate of drug-likeness (QED) is 0.837. The topological polar surface area (TPSA) is 42.0 Å². The maximum atomic E-state index is 12.0. The van der Waals surface area contributed by atoms with E-state index in [1.807, 2.05) is 6.07 Å². The van der Waals surface area contributed by atoms with Crippen LogP contribution in [0.15, 0.2) is 28.9 Å². The van der Waals surface area contributed by atoms with Crippen LogP contribution in [0, 0.1) is 0 Å². The molecule has 0 spiro atoms. The van der Waals surface area contributed by atoms with E-state index >= 15 is 0 Å². The molecule has 100 valence electrons. The molecule has 0 bridgehead atoms. The zero-order valence-electron chi connectivity index (χ0n) is 10.2. The molecule has 0 unspecified atom stereocenters. The standard InChI is InChI=1S/C13H12BrClN2OS/c1-2-9-3-4-10(19-9)7-17-13(18)11-5-8(14)6-16-12(11)15/h3-6H,2,7H2,1H3,(H,17,18). The van der Waals surface area contributed by atoms with Crippen LogP contribution in [0.5, 0.6) is 0 Å². The lowest BCUT2D eigenvalue weighted by molar-refractivity contribution is 0.0951. The van der Waals surface area contributed by atoms with Gasteiger partial charge < -0.3 is 5.32 Å². The predicted molar refractivity (Wildman–Crippen MR) is 81.8 cm³/mol. The number of amides is 1. The molecule has 1 amide bonds. The molecule has 6 heteroatoms. The number of aromatic nitrogens is 1. The molecule has 0 aliphatic rings. The molecule has 2 aromatic heterocycles. The van der Waals surface area contributed by atoms with Gasteiger partial charge in [0.15, 0.2) is 0 Å². The average molecular weight is 360 g/mol. The number of nitrogens with one attached hydrogen (secondary N) is 1. The van der Waals surface area contributed by atoms with Crippen molar-refractivity contribution in [2.45, 2.75) is 19.9 Å². The van der Waals surface area contributed by atoms with Gasteiger partial charge in [0.05, 0.1) is 12.1 Å². The number of nitrogens with zero attached hydrogens (tertiary/aromatic N) is 1. The second kappa shape index (κ2) is 6.50. The Balaban J connectivity index is 2.03. The third kappa shape index (κ3) is 3.78. The van der Waals surface area contributed by atoms with Crippen LogP contribution >= 0.6 is 38.9 Å². The molecule has 0 aliphatic carbocycles. The predicted octanol–water partition coefficient (Wildman–Crippen LogP) is 4.05. The Morgan fingerprint density at radius 1 is 1.47 bits per heavy atom. The zero-order valence-corrected chi connectivity index (χ0v) is 13.4. The number of aryl methyl sites for hydroxylation is 1. The summed E-state index contributed by atoms with van der Waals surface area (Å²) in [5, 5.41) is 3.06. The number of thiophene rings is 1. The van der Waals surface area contributed by atoms with Gasteiger partial charge in [-0.05, 0) is 40.5 Å². The monoisotopic (exact) mass is 358 g/mol. The lowest BCUT2D eigenvalue weighted by Gasteiger charge is -2.05. The number of carbonyl (C=O) groups excluding carboxylic acids is 1. The lowest BCUT2D eigenvalue weighted by Crippen LogP contribution is -2.22. The normalized spacial score (nSPS) is 10.5. The minimum absolute atomic E-state index is 0.209. The van der Waals surface area contributed by atoms with Crippen molar-refractivity contribution in [1.29, 1.82) is 0 Å². The van der Waals surface area contributed by atoms with Crippen molar-refractivity contribution in [2.24, 2.45) is 0 Å². The van der Waals surface area contributed by atoms with Crippen LogP contribution in [0.2, 0.25) is 5.15 Å². The summed E-state index contributed by atoms with van der Waals surface area (Å²) in [7, 11) is 0. The van der Waals surface area contributed by atoms with Gasteiger partial charge in [-0.1, -0.05) is 18.5 Å². The minimum atomic E-state index is -0.217. The van der Waals surface area contributed by atoms with Gasteiger partial charge in [0.25, 0.3) is 5.91 Å². The molecule has 3 nitrogen and oxygen atoms in total. The first-order chi connectivity index (χ1) is 9.10. The van der Waals surface area contributed by atoms with Crippen LogP contribution in [0.4, 0.5) is 0 Å². The van der Waals surface area contributed by atoms with Crippen molar-refractivity contribution in [3.63, 3.8) is 0 Å². The fraction of sp³-hybridized carbons (Fsp3) is 0.231. The summed E-state index contributed by atoms with van der Waals surface area (Å²) >= 11 is 10.9. The second-order valence-corrected chi connectivity index (χ2v) is 6.42. The van der Waals surface area contributed by atoms with Gasteiger partial charge in [-0.15, -0.1) is 11.3 Å². The summed E-state index contributed by atoms with van der Waals surface area (Å²) in [5.74, 6) is -0.217. The molecule has 0 aromatic carbocycles. The van der Waals surface area contributed by atoms with E-state index in [4.69, 9.17) is 11.6 Å². The third-order valence-electron chi connectivity index (χ3n) is 2.54. The number of hydrogen-bond acceptors (Lipinski definition) is 3. The molecule has 0 aliphatic heterocycles. The van der Waals surface area contributed by atoms with Gasteiger partial charge in [-0.25, -0.2) is 4.98 Å². The Labute approximate surface area is 129 Å². The minimum Gasteiger partial charge on any atom is -0.347 e. The van der Waals surface area contributed by atoms with Gasteiger partial charge in [0.2, 0.25) is 0 Å². The van der Waals surface area contributed by atoms with Gasteiger partial charge in [0.1, 0.15) is 5.15 Å². The molecular weight excluding hydrogens is 348 g/mol. The number of rotatable bonds is 4. The van der Waals surface area contributed by atoms with Crippen LogP contribution in [-0.2, 0) is 13.0 Å². The SMILES string of the molecule is CCc1ccc(CNC(=O)c2cc(Br)cnc2Cl)s1. The smallest absolute Gasteiger partial charge is 0.254 e. The molecule has 0 radical (unpaired) electrons. The molecule has 0 fully saturated rings. The highest BCUT2D eigenvalue weighted by Crippen LogP contribution is 2.19. The molecule has 19 heavy (non-hydrogen) atoms. The van der Waals surface area contributed by atoms with Gasteiger partial charge in [-0.2, -0.15) is 0 Å². The van der Waals surface area contributed by atoms with Crippen molar-refractivity contribution in [1.82, 2.24) is 10.3 Å². The van der Waals surface area contributed by atoms with Crippen LogP contribution in [0.3, 0.4) is 0 Å². The maximum Gasteiger partial charge on any atom is 0.254 e. The van der Waals surface area contributed by atoms with Gasteiger partial charge in [0, 0.05) is 20.4 Å². The molecule has 2 heterocycles. The Kier molecular flexibility index (Phi) is 4.96. The fourth-order valence-corrected chi connectivity index (χ4v) is 2.97. The highest BCUT2D eigenvalue weighted by molar-refractivity contribution is 9.10. The van der Waals surface area contributed by atoms with Gasteiger partial charge in [-0.3, -0.25) is 4.79 Å². The second-order valence-electron chi connectivity index (χ2n) is 3.90. The molecule has 0 saturated carbocycles. The van der Waals surface area contributed by atoms with Crippen molar-refractivity contribution in [3.05, 3.63) is 49.3 Å². The van der Waals surface area contributed by atoms with E-state index in [1.165, 1.54) is 4.88 Å². The lowest BCUT2D eigenvalue weighted by atomic mass is 10.2. The third-order valence-corrected chi connectivity index (χ3v) is 4.50. The molecule has 2 aromatic rings. The number of hydrogen-bond donors (Lipinski definition) is 1. The first-order valence-corrected chi connectivity index (χ1v) is 7.75. The van der Waals surface area contributed by atoms with E-state index in [1.54, 1.807) is 23.6 Å². The van der Waals surface area contributed by atoms with Crippen molar-refractivity contribution >= 4 is 44.8 Å². The summed E-state index contributed by atoms with van der Waals surface area (Å²) in [6.45, 7) is 2.62. The van der Waals surface area contributed by atoms with Crippen molar-refractivity contribution < 1.29 is 4.79 Å². The Morgan fingerprint density at radius 2 is 2.21 bits per heavy atom. The van der Waals surface area contributed by atoms with E-state index in [-0.39, 0.29) is 11.1 Å². The molecule has 0 saturated heterocycles. The summed E-state index contributed by atoms with van der Waals surface area (Å²) in [6.07, 6.45) is 2.58. The van der Waals surface area contributed by atoms with Crippen molar-refractivity contribution in [3.8, 4) is 0 Å². The first kappa shape index (κ1) is 14.5. The summed E-state index contributed by atoms with van der Waals surface area (Å²) in [4.78, 5) is 18.4. The van der Waals surface area contributed by atoms with E-state index in [0.29, 0.717) is 12.1 Å². The van der Waals surface area contributed by atoms with E-state index in [0.717, 1.165) is 15.8 Å². The van der Waals surface area contributed by atoms with E-state index < -0.39 is 0 Å². The van der Waals surface area contributed by atoms with E-state index in [9.17, 15) is 4.79 Å². The Bertz CT molecular complexity index is 600. The zero-order chi connectivity index (χ0) is 13.8. The molecule has 0 atom stereocenters.